The van der Waals surface area contributed by atoms with Gasteiger partial charge in [-0.05, 0) is 6.08 Å². The summed E-state index contributed by atoms with van der Waals surface area (Å²) in [4.78, 5) is 14.9. The first-order chi connectivity index (χ1) is 5.42. The van der Waals surface area contributed by atoms with Crippen LogP contribution in [0.3, 0.4) is 0 Å². The van der Waals surface area contributed by atoms with Crippen LogP contribution < -0.4 is 0 Å². The van der Waals surface area contributed by atoms with Gasteiger partial charge in [-0.3, -0.25) is 0 Å². The molecule has 0 atom stereocenters. The summed E-state index contributed by atoms with van der Waals surface area (Å²) in [6.45, 7) is 3.62. The fraction of sp³-hybridized carbons (Fsp3) is 0. The Balaban J connectivity index is 2.88. The summed E-state index contributed by atoms with van der Waals surface area (Å²) in [6.07, 6.45) is 4.73. The monoisotopic (exact) mass is 146 g/mol. The van der Waals surface area contributed by atoms with Gasteiger partial charge in [0, 0.05) is 0 Å². The third-order valence-electron chi connectivity index (χ3n) is 1.45. The summed E-state index contributed by atoms with van der Waals surface area (Å²) >= 11 is 0. The number of hydrogen-bond acceptors (Lipinski definition) is 3. The van der Waals surface area contributed by atoms with Gasteiger partial charge in [0.25, 0.3) is 0 Å². The second-order valence-electron chi connectivity index (χ2n) is 2.06. The first-order valence-electron chi connectivity index (χ1n) is 3.18. The molecule has 0 unspecified atom stereocenters. The maximum absolute atomic E-state index is 4.00. The maximum Gasteiger partial charge on any atom is 0.181 e. The third-order valence-corrected chi connectivity index (χ3v) is 1.45. The van der Waals surface area contributed by atoms with Crippen molar-refractivity contribution in [2.45, 2.75) is 0 Å². The normalized spacial score (nSPS) is 10.2. The molecule has 0 radical (unpaired) electrons. The Morgan fingerprint density at radius 1 is 1.36 bits per heavy atom. The third kappa shape index (κ3) is 0.797. The van der Waals surface area contributed by atoms with Crippen molar-refractivity contribution in [3.63, 3.8) is 0 Å². The van der Waals surface area contributed by atoms with Crippen LogP contribution >= 0.6 is 0 Å². The molecule has 2 rings (SSSR count). The number of rotatable bonds is 1. The van der Waals surface area contributed by atoms with Crippen molar-refractivity contribution in [3.8, 4) is 0 Å². The van der Waals surface area contributed by atoms with Gasteiger partial charge in [0.2, 0.25) is 0 Å². The van der Waals surface area contributed by atoms with E-state index < -0.39 is 0 Å². The van der Waals surface area contributed by atoms with Crippen LogP contribution in [0.4, 0.5) is 0 Å². The molecule has 0 spiro atoms. The molecular weight excluding hydrogens is 140 g/mol. The minimum absolute atomic E-state index is 0.676. The molecule has 2 aromatic heterocycles. The maximum atomic E-state index is 4.00. The lowest BCUT2D eigenvalue weighted by molar-refractivity contribution is 1.18. The summed E-state index contributed by atoms with van der Waals surface area (Å²) in [7, 11) is 0. The van der Waals surface area contributed by atoms with Gasteiger partial charge in [-0.15, -0.1) is 0 Å². The van der Waals surface area contributed by atoms with E-state index in [4.69, 9.17) is 0 Å². The van der Waals surface area contributed by atoms with E-state index in [1.165, 1.54) is 6.33 Å². The number of aromatic amines is 1. The van der Waals surface area contributed by atoms with Gasteiger partial charge in [-0.25, -0.2) is 15.0 Å². The van der Waals surface area contributed by atoms with E-state index in [0.717, 1.165) is 11.2 Å². The number of aromatic nitrogens is 4. The molecule has 0 amide bonds. The zero-order valence-electron chi connectivity index (χ0n) is 5.78. The molecule has 4 heteroatoms. The quantitative estimate of drug-likeness (QED) is 0.652. The summed E-state index contributed by atoms with van der Waals surface area (Å²) < 4.78 is 0. The summed E-state index contributed by atoms with van der Waals surface area (Å²) in [6, 6.07) is 0. The predicted molar refractivity (Wildman–Crippen MR) is 41.8 cm³/mol. The summed E-state index contributed by atoms with van der Waals surface area (Å²) in [5, 5.41) is 0. The highest BCUT2D eigenvalue weighted by molar-refractivity contribution is 5.78. The van der Waals surface area contributed by atoms with Crippen LogP contribution in [-0.4, -0.2) is 19.9 Å². The number of H-pyrrole nitrogens is 1. The molecule has 4 nitrogen and oxygen atoms in total. The van der Waals surface area contributed by atoms with Crippen molar-refractivity contribution < 1.29 is 0 Å². The Bertz CT molecular complexity index is 390. The van der Waals surface area contributed by atoms with Gasteiger partial charge in [-0.2, -0.15) is 0 Å². The molecule has 0 aliphatic carbocycles. The van der Waals surface area contributed by atoms with Crippen LogP contribution in [-0.2, 0) is 0 Å². The highest BCUT2D eigenvalue weighted by Gasteiger charge is 2.00. The van der Waals surface area contributed by atoms with E-state index >= 15 is 0 Å². The second kappa shape index (κ2) is 2.16. The smallest absolute Gasteiger partial charge is 0.181 e. The van der Waals surface area contributed by atoms with Gasteiger partial charge in [0.15, 0.2) is 5.65 Å². The minimum Gasteiger partial charge on any atom is -0.341 e. The molecule has 1 N–H and O–H groups in total. The van der Waals surface area contributed by atoms with Crippen LogP contribution in [0.2, 0.25) is 0 Å². The Morgan fingerprint density at radius 3 is 3.09 bits per heavy atom. The molecule has 0 aliphatic heterocycles. The molecule has 2 heterocycles. The van der Waals surface area contributed by atoms with E-state index in [9.17, 15) is 0 Å². The lowest BCUT2D eigenvalue weighted by Crippen LogP contribution is -1.85. The van der Waals surface area contributed by atoms with Crippen molar-refractivity contribution in [2.75, 3.05) is 0 Å². The fourth-order valence-electron chi connectivity index (χ4n) is 0.939. The van der Waals surface area contributed by atoms with Gasteiger partial charge < -0.3 is 4.98 Å². The number of nitrogens with one attached hydrogen (secondary N) is 1. The largest absolute Gasteiger partial charge is 0.341 e. The van der Waals surface area contributed by atoms with Crippen LogP contribution in [0.15, 0.2) is 19.2 Å². The molecule has 0 aliphatic rings. The van der Waals surface area contributed by atoms with Crippen molar-refractivity contribution in [1.29, 1.82) is 0 Å². The molecule has 0 aromatic carbocycles. The van der Waals surface area contributed by atoms with E-state index in [1.807, 2.05) is 0 Å². The number of nitrogens with zero attached hydrogens (tertiary/aromatic N) is 3. The average Bonchev–Trinajstić information content (AvgIpc) is 2.50. The van der Waals surface area contributed by atoms with Gasteiger partial charge in [-0.1, -0.05) is 6.58 Å². The Labute approximate surface area is 63.0 Å². The lowest BCUT2D eigenvalue weighted by Gasteiger charge is -1.90. The molecule has 0 bridgehead atoms. The second-order valence-corrected chi connectivity index (χ2v) is 2.06. The van der Waals surface area contributed by atoms with Crippen LogP contribution in [0.25, 0.3) is 17.2 Å². The zero-order valence-corrected chi connectivity index (χ0v) is 5.78. The minimum atomic E-state index is 0.676. The summed E-state index contributed by atoms with van der Waals surface area (Å²) in [5.41, 5.74) is 2.30. The highest BCUT2D eigenvalue weighted by atomic mass is 15.0. The average molecular weight is 146 g/mol. The van der Waals surface area contributed by atoms with Gasteiger partial charge >= 0.3 is 0 Å². The van der Waals surface area contributed by atoms with E-state index in [0.29, 0.717) is 5.65 Å². The SMILES string of the molecule is C=Cc1ncnc2nc[nH]c12. The van der Waals surface area contributed by atoms with Crippen molar-refractivity contribution in [2.24, 2.45) is 0 Å². The molecule has 54 valence electrons. The Kier molecular flexibility index (Phi) is 1.18. The lowest BCUT2D eigenvalue weighted by atomic mass is 10.3. The standard InChI is InChI=1S/C7H6N4/c1-2-5-6-7(10-3-8-5)11-4-9-6/h2-4H,1H2,(H,8,9,10,11). The number of fused-ring (bicyclic) bond motifs is 1. The number of imidazole rings is 1. The van der Waals surface area contributed by atoms with E-state index in [2.05, 4.69) is 26.5 Å². The van der Waals surface area contributed by atoms with Crippen molar-refractivity contribution in [1.82, 2.24) is 19.9 Å². The molecule has 0 saturated heterocycles. The highest BCUT2D eigenvalue weighted by Crippen LogP contribution is 2.09. The van der Waals surface area contributed by atoms with Crippen LogP contribution in [0.5, 0.6) is 0 Å². The Morgan fingerprint density at radius 2 is 2.27 bits per heavy atom. The van der Waals surface area contributed by atoms with Gasteiger partial charge in [0.1, 0.15) is 11.8 Å². The first kappa shape index (κ1) is 6.03. The van der Waals surface area contributed by atoms with Crippen LogP contribution in [0, 0.1) is 0 Å². The zero-order chi connectivity index (χ0) is 7.68. The number of hydrogen-bond donors (Lipinski definition) is 1. The summed E-state index contributed by atoms with van der Waals surface area (Å²) in [5.74, 6) is 0. The molecule has 2 aromatic rings. The van der Waals surface area contributed by atoms with Crippen molar-refractivity contribution >= 4 is 17.2 Å². The first-order valence-corrected chi connectivity index (χ1v) is 3.18. The molecule has 11 heavy (non-hydrogen) atoms. The van der Waals surface area contributed by atoms with E-state index in [-0.39, 0.29) is 0 Å². The van der Waals surface area contributed by atoms with Crippen LogP contribution in [0.1, 0.15) is 5.69 Å². The van der Waals surface area contributed by atoms with E-state index in [1.54, 1.807) is 12.4 Å². The predicted octanol–water partition coefficient (Wildman–Crippen LogP) is 0.996. The van der Waals surface area contributed by atoms with Gasteiger partial charge in [0.05, 0.1) is 12.0 Å². The van der Waals surface area contributed by atoms with Crippen molar-refractivity contribution in [3.05, 3.63) is 24.9 Å². The molecule has 0 saturated carbocycles. The topological polar surface area (TPSA) is 54.5 Å². The molecular formula is C7H6N4. The fourth-order valence-corrected chi connectivity index (χ4v) is 0.939. The Hall–Kier alpha value is -1.71. The molecule has 0 fully saturated rings.